The topological polar surface area (TPSA) is 62.5 Å². The summed E-state index contributed by atoms with van der Waals surface area (Å²) >= 11 is 1.62. The molecule has 1 aliphatic heterocycles. The summed E-state index contributed by atoms with van der Waals surface area (Å²) in [7, 11) is 0. The van der Waals surface area contributed by atoms with Gasteiger partial charge in [0.15, 0.2) is 0 Å². The third kappa shape index (κ3) is 5.12. The molecule has 0 spiro atoms. The number of aryl methyl sites for hydroxylation is 1. The van der Waals surface area contributed by atoms with Crippen molar-refractivity contribution >= 4 is 17.2 Å². The van der Waals surface area contributed by atoms with E-state index >= 15 is 0 Å². The maximum atomic E-state index is 12.1. The van der Waals surface area contributed by atoms with Crippen molar-refractivity contribution in [1.82, 2.24) is 19.9 Å². The molecule has 0 radical (unpaired) electrons. The van der Waals surface area contributed by atoms with Gasteiger partial charge in [-0.1, -0.05) is 25.1 Å². The molecule has 1 amide bonds. The van der Waals surface area contributed by atoms with E-state index in [9.17, 15) is 4.79 Å². The van der Waals surface area contributed by atoms with E-state index in [2.05, 4.69) is 28.9 Å². The number of hydrogen-bond donors (Lipinski definition) is 0. The minimum Gasteiger partial charge on any atom is -0.340 e. The average molecular weight is 362 g/mol. The lowest BCUT2D eigenvalue weighted by atomic mass is 10.1. The van der Waals surface area contributed by atoms with Gasteiger partial charge in [0.2, 0.25) is 17.6 Å². The Labute approximate surface area is 152 Å². The first kappa shape index (κ1) is 18.1. The zero-order valence-corrected chi connectivity index (χ0v) is 15.8. The Bertz CT molecular complexity index is 660. The highest BCUT2D eigenvalue weighted by Crippen LogP contribution is 2.21. The van der Waals surface area contributed by atoms with E-state index in [-0.39, 0.29) is 0 Å². The van der Waals surface area contributed by atoms with Crippen LogP contribution in [0.3, 0.4) is 0 Å². The fourth-order valence-corrected chi connectivity index (χ4v) is 3.66. The zero-order chi connectivity index (χ0) is 17.6. The van der Waals surface area contributed by atoms with Crippen LogP contribution in [0.2, 0.25) is 0 Å². The fourth-order valence-electron chi connectivity index (χ4n) is 3.02. The number of carbonyl (C=O) groups excluding carboxylic acids is 1. The molecule has 1 saturated heterocycles. The highest BCUT2D eigenvalue weighted by atomic mass is 32.1. The van der Waals surface area contributed by atoms with Gasteiger partial charge < -0.3 is 9.42 Å². The molecule has 1 aliphatic rings. The van der Waals surface area contributed by atoms with Crippen LogP contribution in [0.1, 0.15) is 32.6 Å². The van der Waals surface area contributed by atoms with Crippen LogP contribution in [-0.2, 0) is 11.2 Å². The number of carbonyl (C=O) groups is 1. The number of piperazine rings is 1. The van der Waals surface area contributed by atoms with Gasteiger partial charge in [0.1, 0.15) is 0 Å². The van der Waals surface area contributed by atoms with Crippen molar-refractivity contribution in [3.05, 3.63) is 23.4 Å². The van der Waals surface area contributed by atoms with E-state index < -0.39 is 0 Å². The van der Waals surface area contributed by atoms with E-state index in [4.69, 9.17) is 4.52 Å². The summed E-state index contributed by atoms with van der Waals surface area (Å²) in [5.74, 6) is 2.11. The van der Waals surface area contributed by atoms with Crippen LogP contribution in [0, 0.1) is 5.92 Å². The van der Waals surface area contributed by atoms with Gasteiger partial charge in [0.05, 0.1) is 4.88 Å². The predicted molar refractivity (Wildman–Crippen MR) is 98.4 cm³/mol. The molecule has 2 aromatic heterocycles. The second-order valence-electron chi connectivity index (χ2n) is 6.91. The first-order valence-corrected chi connectivity index (χ1v) is 9.86. The molecule has 0 aliphatic carbocycles. The van der Waals surface area contributed by atoms with Crippen molar-refractivity contribution in [3.63, 3.8) is 0 Å². The standard InChI is InChI=1S/C18H26N4O2S/c1-14(2)13-17(23)22-10-8-21(9-11-22)7-3-6-16-19-18(20-24-16)15-5-4-12-25-15/h4-5,12,14H,3,6-11,13H2,1-2H3. The molecule has 0 atom stereocenters. The summed E-state index contributed by atoms with van der Waals surface area (Å²) in [5, 5.41) is 6.05. The van der Waals surface area contributed by atoms with Crippen molar-refractivity contribution in [2.24, 2.45) is 5.92 Å². The molecule has 25 heavy (non-hydrogen) atoms. The minimum absolute atomic E-state index is 0.293. The van der Waals surface area contributed by atoms with E-state index in [0.717, 1.165) is 50.4 Å². The van der Waals surface area contributed by atoms with Crippen LogP contribution < -0.4 is 0 Å². The smallest absolute Gasteiger partial charge is 0.227 e. The molecule has 0 bridgehead atoms. The number of rotatable bonds is 7. The maximum Gasteiger partial charge on any atom is 0.227 e. The molecule has 0 unspecified atom stereocenters. The van der Waals surface area contributed by atoms with E-state index in [1.165, 1.54) is 0 Å². The molecule has 1 fully saturated rings. The number of hydrogen-bond acceptors (Lipinski definition) is 6. The van der Waals surface area contributed by atoms with Gasteiger partial charge in [-0.05, 0) is 30.3 Å². The molecular weight excluding hydrogens is 336 g/mol. The molecule has 0 saturated carbocycles. The Hall–Kier alpha value is -1.73. The largest absolute Gasteiger partial charge is 0.340 e. The molecule has 3 heterocycles. The third-order valence-electron chi connectivity index (χ3n) is 4.38. The Morgan fingerprint density at radius 1 is 1.32 bits per heavy atom. The highest BCUT2D eigenvalue weighted by molar-refractivity contribution is 7.13. The summed E-state index contributed by atoms with van der Waals surface area (Å²) in [5.41, 5.74) is 0. The molecule has 136 valence electrons. The molecular formula is C18H26N4O2S. The Balaban J connectivity index is 1.37. The van der Waals surface area contributed by atoms with Crippen LogP contribution in [0.4, 0.5) is 0 Å². The lowest BCUT2D eigenvalue weighted by molar-refractivity contribution is -0.133. The predicted octanol–water partition coefficient (Wildman–Crippen LogP) is 2.92. The summed E-state index contributed by atoms with van der Waals surface area (Å²) in [6, 6.07) is 3.99. The van der Waals surface area contributed by atoms with Crippen LogP contribution in [0.15, 0.2) is 22.0 Å². The van der Waals surface area contributed by atoms with Crippen molar-refractivity contribution in [2.75, 3.05) is 32.7 Å². The summed E-state index contributed by atoms with van der Waals surface area (Å²) in [6.07, 6.45) is 2.45. The minimum atomic E-state index is 0.293. The van der Waals surface area contributed by atoms with Gasteiger partial charge in [0, 0.05) is 39.0 Å². The van der Waals surface area contributed by atoms with Gasteiger partial charge >= 0.3 is 0 Å². The van der Waals surface area contributed by atoms with Crippen molar-refractivity contribution in [2.45, 2.75) is 33.1 Å². The Morgan fingerprint density at radius 3 is 2.80 bits per heavy atom. The van der Waals surface area contributed by atoms with E-state index in [1.807, 2.05) is 22.4 Å². The number of aromatic nitrogens is 2. The van der Waals surface area contributed by atoms with Crippen LogP contribution >= 0.6 is 11.3 Å². The molecule has 0 aromatic carbocycles. The van der Waals surface area contributed by atoms with E-state index in [0.29, 0.717) is 30.0 Å². The fraction of sp³-hybridized carbons (Fsp3) is 0.611. The molecule has 0 N–H and O–H groups in total. The summed E-state index contributed by atoms with van der Waals surface area (Å²) in [6.45, 7) is 8.78. The number of nitrogens with zero attached hydrogens (tertiary/aromatic N) is 4. The summed E-state index contributed by atoms with van der Waals surface area (Å²) < 4.78 is 5.34. The lowest BCUT2D eigenvalue weighted by Gasteiger charge is -2.35. The van der Waals surface area contributed by atoms with E-state index in [1.54, 1.807) is 11.3 Å². The van der Waals surface area contributed by atoms with Gasteiger partial charge in [-0.25, -0.2) is 0 Å². The third-order valence-corrected chi connectivity index (χ3v) is 5.25. The molecule has 6 nitrogen and oxygen atoms in total. The van der Waals surface area contributed by atoms with Crippen molar-refractivity contribution in [3.8, 4) is 10.7 Å². The van der Waals surface area contributed by atoms with Crippen molar-refractivity contribution < 1.29 is 9.32 Å². The zero-order valence-electron chi connectivity index (χ0n) is 15.0. The van der Waals surface area contributed by atoms with Gasteiger partial charge in [-0.2, -0.15) is 4.98 Å². The highest BCUT2D eigenvalue weighted by Gasteiger charge is 2.21. The van der Waals surface area contributed by atoms with Gasteiger partial charge in [-0.15, -0.1) is 11.3 Å². The lowest BCUT2D eigenvalue weighted by Crippen LogP contribution is -2.49. The SMILES string of the molecule is CC(C)CC(=O)N1CCN(CCCc2nc(-c3cccs3)no2)CC1. The summed E-state index contributed by atoms with van der Waals surface area (Å²) in [4.78, 5) is 22.0. The molecule has 3 rings (SSSR count). The van der Waals surface area contributed by atoms with Crippen LogP contribution in [0.5, 0.6) is 0 Å². The number of amides is 1. The normalized spacial score (nSPS) is 15.9. The second kappa shape index (κ2) is 8.58. The maximum absolute atomic E-state index is 12.1. The second-order valence-corrected chi connectivity index (χ2v) is 7.86. The first-order valence-electron chi connectivity index (χ1n) is 8.98. The number of thiophene rings is 1. The quantitative estimate of drug-likeness (QED) is 0.758. The van der Waals surface area contributed by atoms with Crippen LogP contribution in [0.25, 0.3) is 10.7 Å². The average Bonchev–Trinajstić information content (AvgIpc) is 3.26. The molecule has 7 heteroatoms. The van der Waals surface area contributed by atoms with Gasteiger partial charge in [0.25, 0.3) is 0 Å². The monoisotopic (exact) mass is 362 g/mol. The molecule has 2 aromatic rings. The van der Waals surface area contributed by atoms with Crippen LogP contribution in [-0.4, -0.2) is 58.6 Å². The Kier molecular flexibility index (Phi) is 6.20. The Morgan fingerprint density at radius 2 is 2.12 bits per heavy atom. The van der Waals surface area contributed by atoms with Gasteiger partial charge in [-0.3, -0.25) is 9.69 Å². The van der Waals surface area contributed by atoms with Crippen molar-refractivity contribution in [1.29, 1.82) is 0 Å². The first-order chi connectivity index (χ1) is 12.1.